The number of fused-ring (bicyclic) bond motifs is 1. The van der Waals surface area contributed by atoms with Crippen molar-refractivity contribution in [2.45, 2.75) is 18.9 Å². The van der Waals surface area contributed by atoms with Crippen LogP contribution in [-0.4, -0.2) is 30.4 Å². The Morgan fingerprint density at radius 1 is 1.15 bits per heavy atom. The van der Waals surface area contributed by atoms with Gasteiger partial charge in [-0.1, -0.05) is 42.5 Å². The van der Waals surface area contributed by atoms with Gasteiger partial charge >= 0.3 is 0 Å². The Bertz CT molecular complexity index is 988. The van der Waals surface area contributed by atoms with E-state index in [1.807, 2.05) is 18.2 Å². The summed E-state index contributed by atoms with van der Waals surface area (Å²) in [6.07, 6.45) is 6.84. The first kappa shape index (κ1) is 17.7. The molecule has 1 aliphatic heterocycles. The van der Waals surface area contributed by atoms with Crippen LogP contribution < -0.4 is 16.4 Å². The first-order valence-corrected chi connectivity index (χ1v) is 9.89. The number of nitrogens with two attached hydrogens (primary N) is 2. The Labute approximate surface area is 162 Å². The van der Waals surface area contributed by atoms with Crippen LogP contribution in [0.2, 0.25) is 0 Å². The average molecular weight is 379 g/mol. The van der Waals surface area contributed by atoms with E-state index in [4.69, 9.17) is 16.5 Å². The number of hydrogen-bond donors (Lipinski definition) is 2. The number of aldehydes is 1. The minimum Gasteiger partial charge on any atom is -0.397 e. The van der Waals surface area contributed by atoms with E-state index < -0.39 is 0 Å². The maximum Gasteiger partial charge on any atom is 0.162 e. The van der Waals surface area contributed by atoms with Crippen molar-refractivity contribution in [2.75, 3.05) is 23.7 Å². The van der Waals surface area contributed by atoms with E-state index in [9.17, 15) is 4.79 Å². The first-order valence-electron chi connectivity index (χ1n) is 9.07. The summed E-state index contributed by atoms with van der Waals surface area (Å²) in [6, 6.07) is 12.4. The summed E-state index contributed by atoms with van der Waals surface area (Å²) in [7, 11) is 0. The minimum absolute atomic E-state index is 0.265. The van der Waals surface area contributed by atoms with E-state index >= 15 is 0 Å². The lowest BCUT2D eigenvalue weighted by atomic mass is 10.1. The van der Waals surface area contributed by atoms with Crippen LogP contribution in [-0.2, 0) is 0 Å². The molecule has 1 aliphatic rings. The number of piperidine rings is 1. The van der Waals surface area contributed by atoms with Crippen molar-refractivity contribution in [2.24, 2.45) is 5.73 Å². The first-order chi connectivity index (χ1) is 13.2. The number of anilines is 2. The molecule has 1 saturated heterocycles. The Morgan fingerprint density at radius 2 is 1.89 bits per heavy atom. The number of aromatic nitrogens is 1. The van der Waals surface area contributed by atoms with Crippen molar-refractivity contribution in [3.8, 4) is 0 Å². The molecule has 0 saturated carbocycles. The molecule has 0 atom stereocenters. The number of nitrogens with zero attached hydrogens (tertiary/aromatic N) is 2. The van der Waals surface area contributed by atoms with Gasteiger partial charge in [-0.25, -0.2) is 4.98 Å². The number of pyridine rings is 1. The van der Waals surface area contributed by atoms with Gasteiger partial charge in [0.1, 0.15) is 10.6 Å². The van der Waals surface area contributed by atoms with Gasteiger partial charge in [0.15, 0.2) is 6.29 Å². The van der Waals surface area contributed by atoms with Crippen LogP contribution in [0.5, 0.6) is 0 Å². The van der Waals surface area contributed by atoms with Crippen molar-refractivity contribution >= 4 is 51.5 Å². The van der Waals surface area contributed by atoms with Gasteiger partial charge in [-0.15, -0.1) is 11.3 Å². The van der Waals surface area contributed by atoms with Crippen molar-refractivity contribution in [3.05, 3.63) is 52.4 Å². The lowest BCUT2D eigenvalue weighted by Crippen LogP contribution is -2.40. The fraction of sp³-hybridized carbons (Fsp3) is 0.238. The molecule has 0 bridgehead atoms. The fourth-order valence-electron chi connectivity index (χ4n) is 3.41. The highest BCUT2D eigenvalue weighted by atomic mass is 32.1. The monoisotopic (exact) mass is 378 g/mol. The number of carbonyl (C=O) groups is 1. The number of benzene rings is 1. The molecule has 3 heterocycles. The lowest BCUT2D eigenvalue weighted by Gasteiger charge is -2.31. The van der Waals surface area contributed by atoms with Gasteiger partial charge < -0.3 is 16.4 Å². The summed E-state index contributed by atoms with van der Waals surface area (Å²) in [4.78, 5) is 19.8. The van der Waals surface area contributed by atoms with Crippen LogP contribution in [0.1, 0.15) is 33.6 Å². The maximum atomic E-state index is 11.4. The Hall–Kier alpha value is -2.70. The Morgan fingerprint density at radius 3 is 2.59 bits per heavy atom. The lowest BCUT2D eigenvalue weighted by molar-refractivity contribution is 0.112. The molecule has 0 amide bonds. The third-order valence-electron chi connectivity index (χ3n) is 4.97. The van der Waals surface area contributed by atoms with E-state index in [1.165, 1.54) is 11.3 Å². The molecule has 1 aromatic carbocycles. The quantitative estimate of drug-likeness (QED) is 0.675. The molecular weight excluding hydrogens is 356 g/mol. The standard InChI is InChI=1S/C21H22N4OS/c22-16-8-10-25(11-9-16)18-12-15(7-6-14-4-2-1-3-5-14)19-20(23)17(13-26)27-21(19)24-18/h1-7,12-13,16H,8-11,22-23H2/b7-6+. The zero-order valence-corrected chi connectivity index (χ0v) is 15.8. The van der Waals surface area contributed by atoms with Crippen molar-refractivity contribution in [3.63, 3.8) is 0 Å². The van der Waals surface area contributed by atoms with Gasteiger partial charge in [0, 0.05) is 24.5 Å². The predicted molar refractivity (Wildman–Crippen MR) is 114 cm³/mol. The molecule has 4 rings (SSSR count). The molecule has 0 aliphatic carbocycles. The number of hydrogen-bond acceptors (Lipinski definition) is 6. The molecule has 0 unspecified atom stereocenters. The molecular formula is C21H22N4OS. The summed E-state index contributed by atoms with van der Waals surface area (Å²) in [5, 5.41) is 0.853. The van der Waals surface area contributed by atoms with Crippen molar-refractivity contribution < 1.29 is 4.79 Å². The minimum atomic E-state index is 0.265. The van der Waals surface area contributed by atoms with E-state index in [-0.39, 0.29) is 6.04 Å². The van der Waals surface area contributed by atoms with Crippen LogP contribution in [0.25, 0.3) is 22.4 Å². The zero-order chi connectivity index (χ0) is 18.8. The van der Waals surface area contributed by atoms with Gasteiger partial charge in [-0.3, -0.25) is 4.79 Å². The molecule has 0 spiro atoms. The SMILES string of the molecule is Nc1c(C=O)sc2nc(N3CCC(N)CC3)cc(/C=C/c3ccccc3)c12. The van der Waals surface area contributed by atoms with Crippen LogP contribution >= 0.6 is 11.3 Å². The molecule has 27 heavy (non-hydrogen) atoms. The molecule has 0 radical (unpaired) electrons. The summed E-state index contributed by atoms with van der Waals surface area (Å²) in [5.74, 6) is 0.917. The Kier molecular flexibility index (Phi) is 4.92. The summed E-state index contributed by atoms with van der Waals surface area (Å²) in [5.41, 5.74) is 14.9. The van der Waals surface area contributed by atoms with E-state index in [1.54, 1.807) is 0 Å². The maximum absolute atomic E-state index is 11.4. The molecule has 1 fully saturated rings. The third kappa shape index (κ3) is 3.59. The number of thiophene rings is 1. The molecule has 5 nitrogen and oxygen atoms in total. The molecule has 3 aromatic rings. The molecule has 138 valence electrons. The van der Waals surface area contributed by atoms with Crippen LogP contribution in [0.3, 0.4) is 0 Å². The smallest absolute Gasteiger partial charge is 0.162 e. The summed E-state index contributed by atoms with van der Waals surface area (Å²) >= 11 is 1.35. The highest BCUT2D eigenvalue weighted by Gasteiger charge is 2.20. The predicted octanol–water partition coefficient (Wildman–Crippen LogP) is 3.79. The van der Waals surface area contributed by atoms with Gasteiger partial charge in [-0.05, 0) is 30.0 Å². The van der Waals surface area contributed by atoms with Crippen molar-refractivity contribution in [1.29, 1.82) is 0 Å². The number of rotatable bonds is 4. The third-order valence-corrected chi connectivity index (χ3v) is 6.00. The van der Waals surface area contributed by atoms with Gasteiger partial charge in [-0.2, -0.15) is 0 Å². The van der Waals surface area contributed by atoms with Gasteiger partial charge in [0.25, 0.3) is 0 Å². The second-order valence-electron chi connectivity index (χ2n) is 6.82. The summed E-state index contributed by atoms with van der Waals surface area (Å²) in [6.45, 7) is 1.78. The van der Waals surface area contributed by atoms with E-state index in [0.717, 1.165) is 59.4 Å². The van der Waals surface area contributed by atoms with Crippen LogP contribution in [0.4, 0.5) is 11.5 Å². The largest absolute Gasteiger partial charge is 0.397 e. The van der Waals surface area contributed by atoms with Gasteiger partial charge in [0.2, 0.25) is 0 Å². The topological polar surface area (TPSA) is 85.2 Å². The van der Waals surface area contributed by atoms with Crippen LogP contribution in [0, 0.1) is 0 Å². The second kappa shape index (κ2) is 7.50. The van der Waals surface area contributed by atoms with Crippen molar-refractivity contribution in [1.82, 2.24) is 4.98 Å². The van der Waals surface area contributed by atoms with Crippen LogP contribution in [0.15, 0.2) is 36.4 Å². The second-order valence-corrected chi connectivity index (χ2v) is 7.85. The van der Waals surface area contributed by atoms with E-state index in [0.29, 0.717) is 10.6 Å². The normalized spacial score (nSPS) is 15.7. The molecule has 4 N–H and O–H groups in total. The molecule has 6 heteroatoms. The zero-order valence-electron chi connectivity index (χ0n) is 15.0. The number of carbonyl (C=O) groups excluding carboxylic acids is 1. The van der Waals surface area contributed by atoms with Gasteiger partial charge in [0.05, 0.1) is 10.6 Å². The fourth-order valence-corrected chi connectivity index (χ4v) is 4.35. The average Bonchev–Trinajstić information content (AvgIpc) is 3.03. The highest BCUT2D eigenvalue weighted by Crippen LogP contribution is 2.37. The Balaban J connectivity index is 1.80. The molecule has 2 aromatic heterocycles. The number of nitrogen functional groups attached to an aromatic ring is 1. The van der Waals surface area contributed by atoms with E-state index in [2.05, 4.69) is 35.3 Å². The summed E-state index contributed by atoms with van der Waals surface area (Å²) < 4.78 is 0. The highest BCUT2D eigenvalue weighted by molar-refractivity contribution is 7.20.